The summed E-state index contributed by atoms with van der Waals surface area (Å²) in [5.41, 5.74) is 0.642. The van der Waals surface area contributed by atoms with Gasteiger partial charge in [0.1, 0.15) is 0 Å². The van der Waals surface area contributed by atoms with E-state index in [1.54, 1.807) is 11.9 Å². The standard InChI is InChI=1S/C14H21N3O4/c1-17(7-3-2-4-8-18)14(21)16-10-12-9-11(13(19)20)5-6-15-12/h5-6,9,18H,2-4,7-8,10H2,1H3,(H,16,21)(H,19,20). The molecule has 1 rings (SSSR count). The Bertz CT molecular complexity index is 479. The Labute approximate surface area is 123 Å². The summed E-state index contributed by atoms with van der Waals surface area (Å²) in [4.78, 5) is 28.2. The summed E-state index contributed by atoms with van der Waals surface area (Å²) >= 11 is 0. The molecule has 1 heterocycles. The molecule has 21 heavy (non-hydrogen) atoms. The predicted molar refractivity (Wildman–Crippen MR) is 77.0 cm³/mol. The van der Waals surface area contributed by atoms with Gasteiger partial charge in [0.05, 0.1) is 17.8 Å². The number of pyridine rings is 1. The van der Waals surface area contributed by atoms with Gasteiger partial charge in [-0.15, -0.1) is 0 Å². The maximum absolute atomic E-state index is 11.8. The molecule has 0 aliphatic heterocycles. The number of carbonyl (C=O) groups excluding carboxylic acids is 1. The molecule has 0 bridgehead atoms. The van der Waals surface area contributed by atoms with Gasteiger partial charge in [0.15, 0.2) is 0 Å². The highest BCUT2D eigenvalue weighted by atomic mass is 16.4. The Morgan fingerprint density at radius 1 is 1.33 bits per heavy atom. The van der Waals surface area contributed by atoms with Gasteiger partial charge in [0.2, 0.25) is 0 Å². The molecule has 0 saturated heterocycles. The molecule has 0 fully saturated rings. The number of carboxylic acids is 1. The number of nitrogens with zero attached hydrogens (tertiary/aromatic N) is 2. The number of carbonyl (C=O) groups is 2. The molecular formula is C14H21N3O4. The fourth-order valence-corrected chi connectivity index (χ4v) is 1.75. The molecule has 0 atom stereocenters. The van der Waals surface area contributed by atoms with Crippen LogP contribution < -0.4 is 5.32 Å². The molecule has 116 valence electrons. The number of aliphatic hydroxyl groups is 1. The second-order valence-corrected chi connectivity index (χ2v) is 4.71. The van der Waals surface area contributed by atoms with Gasteiger partial charge in [0, 0.05) is 26.4 Å². The average molecular weight is 295 g/mol. The molecule has 0 aliphatic rings. The number of rotatable bonds is 8. The van der Waals surface area contributed by atoms with Gasteiger partial charge < -0.3 is 20.4 Å². The average Bonchev–Trinajstić information content (AvgIpc) is 2.49. The van der Waals surface area contributed by atoms with Crippen molar-refractivity contribution in [3.63, 3.8) is 0 Å². The number of hydrogen-bond acceptors (Lipinski definition) is 4. The lowest BCUT2D eigenvalue weighted by atomic mass is 10.2. The predicted octanol–water partition coefficient (Wildman–Crippen LogP) is 1.08. The lowest BCUT2D eigenvalue weighted by molar-refractivity contribution is 0.0696. The van der Waals surface area contributed by atoms with E-state index in [2.05, 4.69) is 10.3 Å². The fraction of sp³-hybridized carbons (Fsp3) is 0.500. The van der Waals surface area contributed by atoms with Gasteiger partial charge in [-0.3, -0.25) is 4.98 Å². The molecule has 2 amide bonds. The van der Waals surface area contributed by atoms with Crippen LogP contribution in [0.5, 0.6) is 0 Å². The molecule has 7 heteroatoms. The third-order valence-corrected chi connectivity index (χ3v) is 2.98. The topological polar surface area (TPSA) is 103 Å². The van der Waals surface area contributed by atoms with E-state index >= 15 is 0 Å². The fourth-order valence-electron chi connectivity index (χ4n) is 1.75. The van der Waals surface area contributed by atoms with Crippen LogP contribution in [0.4, 0.5) is 4.79 Å². The third kappa shape index (κ3) is 6.22. The number of aromatic carboxylic acids is 1. The smallest absolute Gasteiger partial charge is 0.335 e. The highest BCUT2D eigenvalue weighted by Gasteiger charge is 2.09. The van der Waals surface area contributed by atoms with Gasteiger partial charge in [-0.1, -0.05) is 0 Å². The van der Waals surface area contributed by atoms with Gasteiger partial charge >= 0.3 is 12.0 Å². The summed E-state index contributed by atoms with van der Waals surface area (Å²) in [6.45, 7) is 0.955. The van der Waals surface area contributed by atoms with Gasteiger partial charge in [-0.25, -0.2) is 9.59 Å². The molecule has 0 aromatic carbocycles. The first-order valence-electron chi connectivity index (χ1n) is 6.82. The summed E-state index contributed by atoms with van der Waals surface area (Å²) in [7, 11) is 1.69. The van der Waals surface area contributed by atoms with Crippen LogP contribution in [-0.4, -0.2) is 52.3 Å². The van der Waals surface area contributed by atoms with Crippen LogP contribution in [0.2, 0.25) is 0 Å². The van der Waals surface area contributed by atoms with Crippen LogP contribution in [0.15, 0.2) is 18.3 Å². The van der Waals surface area contributed by atoms with E-state index in [9.17, 15) is 9.59 Å². The number of amides is 2. The number of aromatic nitrogens is 1. The molecule has 0 spiro atoms. The van der Waals surface area contributed by atoms with Crippen molar-refractivity contribution < 1.29 is 19.8 Å². The van der Waals surface area contributed by atoms with Crippen molar-refractivity contribution in [2.45, 2.75) is 25.8 Å². The molecule has 1 aromatic heterocycles. The summed E-state index contributed by atoms with van der Waals surface area (Å²) in [6.07, 6.45) is 3.85. The number of carboxylic acid groups (broad SMARTS) is 1. The molecule has 0 saturated carbocycles. The van der Waals surface area contributed by atoms with E-state index in [1.807, 2.05) is 0 Å². The second-order valence-electron chi connectivity index (χ2n) is 4.71. The van der Waals surface area contributed by atoms with Crippen molar-refractivity contribution in [1.29, 1.82) is 0 Å². The monoisotopic (exact) mass is 295 g/mol. The molecule has 0 unspecified atom stereocenters. The van der Waals surface area contributed by atoms with Crippen LogP contribution >= 0.6 is 0 Å². The Morgan fingerprint density at radius 2 is 2.10 bits per heavy atom. The van der Waals surface area contributed by atoms with Crippen molar-refractivity contribution in [3.8, 4) is 0 Å². The Morgan fingerprint density at radius 3 is 2.76 bits per heavy atom. The highest BCUT2D eigenvalue weighted by molar-refractivity contribution is 5.87. The van der Waals surface area contributed by atoms with Crippen molar-refractivity contribution in [2.75, 3.05) is 20.2 Å². The van der Waals surface area contributed by atoms with E-state index in [0.29, 0.717) is 12.2 Å². The van der Waals surface area contributed by atoms with E-state index in [4.69, 9.17) is 10.2 Å². The van der Waals surface area contributed by atoms with Crippen molar-refractivity contribution in [2.24, 2.45) is 0 Å². The zero-order valence-electron chi connectivity index (χ0n) is 12.1. The summed E-state index contributed by atoms with van der Waals surface area (Å²) in [5, 5.41) is 20.2. The van der Waals surface area contributed by atoms with Crippen LogP contribution in [0.1, 0.15) is 35.3 Å². The minimum absolute atomic E-state index is 0.145. The Balaban J connectivity index is 2.38. The first-order valence-corrected chi connectivity index (χ1v) is 6.82. The lowest BCUT2D eigenvalue weighted by Crippen LogP contribution is -2.37. The van der Waals surface area contributed by atoms with Crippen LogP contribution in [0.25, 0.3) is 0 Å². The molecule has 0 radical (unpaired) electrons. The molecule has 7 nitrogen and oxygen atoms in total. The van der Waals surface area contributed by atoms with Crippen molar-refractivity contribution >= 4 is 12.0 Å². The van der Waals surface area contributed by atoms with E-state index in [0.717, 1.165) is 19.3 Å². The van der Waals surface area contributed by atoms with Crippen LogP contribution in [0.3, 0.4) is 0 Å². The summed E-state index contributed by atoms with van der Waals surface area (Å²) < 4.78 is 0. The second kappa shape index (κ2) is 8.91. The van der Waals surface area contributed by atoms with Gasteiger partial charge in [-0.05, 0) is 31.4 Å². The van der Waals surface area contributed by atoms with Crippen molar-refractivity contribution in [3.05, 3.63) is 29.6 Å². The van der Waals surface area contributed by atoms with Gasteiger partial charge in [0.25, 0.3) is 0 Å². The number of urea groups is 1. The third-order valence-electron chi connectivity index (χ3n) is 2.98. The number of unbranched alkanes of at least 4 members (excludes halogenated alkanes) is 2. The number of hydrogen-bond donors (Lipinski definition) is 3. The first kappa shape index (κ1) is 16.9. The van der Waals surface area contributed by atoms with E-state index in [-0.39, 0.29) is 24.7 Å². The zero-order valence-corrected chi connectivity index (χ0v) is 12.1. The van der Waals surface area contributed by atoms with Gasteiger partial charge in [-0.2, -0.15) is 0 Å². The largest absolute Gasteiger partial charge is 0.478 e. The number of nitrogens with one attached hydrogen (secondary N) is 1. The Hall–Kier alpha value is -2.15. The maximum Gasteiger partial charge on any atom is 0.335 e. The van der Waals surface area contributed by atoms with Crippen LogP contribution in [-0.2, 0) is 6.54 Å². The highest BCUT2D eigenvalue weighted by Crippen LogP contribution is 2.02. The van der Waals surface area contributed by atoms with E-state index in [1.165, 1.54) is 18.3 Å². The first-order chi connectivity index (χ1) is 10.0. The Kier molecular flexibility index (Phi) is 7.17. The van der Waals surface area contributed by atoms with E-state index < -0.39 is 5.97 Å². The number of aliphatic hydroxyl groups excluding tert-OH is 1. The molecule has 1 aromatic rings. The zero-order chi connectivity index (χ0) is 15.7. The summed E-state index contributed by atoms with van der Waals surface area (Å²) in [6, 6.07) is 2.60. The molecule has 3 N–H and O–H groups in total. The molecular weight excluding hydrogens is 274 g/mol. The normalized spacial score (nSPS) is 10.2. The minimum atomic E-state index is -1.02. The minimum Gasteiger partial charge on any atom is -0.478 e. The summed E-state index contributed by atoms with van der Waals surface area (Å²) in [5.74, 6) is -1.02. The van der Waals surface area contributed by atoms with Crippen LogP contribution in [0, 0.1) is 0 Å². The molecule has 0 aliphatic carbocycles. The quantitative estimate of drug-likeness (QED) is 0.623. The maximum atomic E-state index is 11.8. The SMILES string of the molecule is CN(CCCCCO)C(=O)NCc1cc(C(=O)O)ccn1. The van der Waals surface area contributed by atoms with Crippen molar-refractivity contribution in [1.82, 2.24) is 15.2 Å². The lowest BCUT2D eigenvalue weighted by Gasteiger charge is -2.17.